The maximum atomic E-state index is 13.4. The summed E-state index contributed by atoms with van der Waals surface area (Å²) in [6, 6.07) is 14.3. The molecule has 0 amide bonds. The number of carbonyl (C=O) groups excluding carboxylic acids is 2. The maximum Gasteiger partial charge on any atom is 0.201 e. The first-order valence-corrected chi connectivity index (χ1v) is 16.2. The molecule has 1 aromatic heterocycles. The van der Waals surface area contributed by atoms with E-state index in [2.05, 4.69) is 56.7 Å². The number of hydrogen-bond donors (Lipinski definition) is 2. The molecule has 0 radical (unpaired) electrons. The Morgan fingerprint density at radius 3 is 2.43 bits per heavy atom. The van der Waals surface area contributed by atoms with Crippen molar-refractivity contribution in [2.45, 2.75) is 86.5 Å². The van der Waals surface area contributed by atoms with Gasteiger partial charge in [-0.2, -0.15) is 0 Å². The minimum Gasteiger partial charge on any atom is -0.361 e. The van der Waals surface area contributed by atoms with Gasteiger partial charge in [0.25, 0.3) is 0 Å². The number of aliphatic imine (C=N–C) groups is 1. The molecule has 232 valence electrons. The number of aromatic amines is 1. The molecular formula is C38H48N4O2. The highest BCUT2D eigenvalue weighted by atomic mass is 16.1. The van der Waals surface area contributed by atoms with Crippen molar-refractivity contribution in [3.05, 3.63) is 95.6 Å². The topological polar surface area (TPSA) is 77.6 Å². The van der Waals surface area contributed by atoms with Crippen LogP contribution >= 0.6 is 0 Å². The summed E-state index contributed by atoms with van der Waals surface area (Å²) in [6.45, 7) is 16.7. The van der Waals surface area contributed by atoms with Crippen LogP contribution in [-0.2, 0) is 22.4 Å². The number of H-pyrrole nitrogens is 1. The van der Waals surface area contributed by atoms with E-state index < -0.39 is 0 Å². The van der Waals surface area contributed by atoms with Gasteiger partial charge in [-0.1, -0.05) is 59.8 Å². The second-order valence-electron chi connectivity index (χ2n) is 12.1. The molecule has 3 aromatic rings. The number of anilines is 2. The van der Waals surface area contributed by atoms with Crippen LogP contribution in [0.25, 0.3) is 10.9 Å². The Balaban J connectivity index is 0.000000487. The van der Waals surface area contributed by atoms with Gasteiger partial charge in [-0.05, 0) is 98.4 Å². The third kappa shape index (κ3) is 7.85. The van der Waals surface area contributed by atoms with Crippen LogP contribution in [0.1, 0.15) is 84.8 Å². The molecule has 2 N–H and O–H groups in total. The predicted molar refractivity (Wildman–Crippen MR) is 185 cm³/mol. The fraction of sp³-hybridized carbons (Fsp3) is 0.395. The summed E-state index contributed by atoms with van der Waals surface area (Å²) in [5, 5.41) is 4.32. The van der Waals surface area contributed by atoms with Crippen LogP contribution < -0.4 is 10.2 Å². The number of benzene rings is 2. The van der Waals surface area contributed by atoms with E-state index in [1.54, 1.807) is 19.2 Å². The molecule has 6 nitrogen and oxygen atoms in total. The van der Waals surface area contributed by atoms with Crippen LogP contribution in [-0.4, -0.2) is 22.4 Å². The third-order valence-electron chi connectivity index (χ3n) is 8.24. The van der Waals surface area contributed by atoms with Crippen LogP contribution in [0.4, 0.5) is 11.4 Å². The monoisotopic (exact) mass is 592 g/mol. The summed E-state index contributed by atoms with van der Waals surface area (Å²) in [5.74, 6) is 2.51. The molecule has 44 heavy (non-hydrogen) atoms. The fourth-order valence-electron chi connectivity index (χ4n) is 5.43. The lowest BCUT2D eigenvalue weighted by molar-refractivity contribution is -0.119. The summed E-state index contributed by atoms with van der Waals surface area (Å²) < 4.78 is 0. The maximum absolute atomic E-state index is 13.4. The zero-order valence-corrected chi connectivity index (χ0v) is 27.3. The number of carbonyl (C=O) groups is 2. The molecule has 0 bridgehead atoms. The zero-order valence-electron chi connectivity index (χ0n) is 27.3. The summed E-state index contributed by atoms with van der Waals surface area (Å²) in [4.78, 5) is 36.1. The first-order valence-electron chi connectivity index (χ1n) is 16.2. The van der Waals surface area contributed by atoms with Crippen molar-refractivity contribution in [3.63, 3.8) is 0 Å². The van der Waals surface area contributed by atoms with Crippen molar-refractivity contribution >= 4 is 39.7 Å². The number of nitrogens with one attached hydrogen (secondary N) is 2. The normalized spacial score (nSPS) is 20.4. The van der Waals surface area contributed by atoms with Crippen molar-refractivity contribution in [2.24, 2.45) is 16.8 Å². The standard InChI is InChI=1S/C30H30N4O2.C5H10.C3H8/c1-4-7-28(35)26-18-34(24-12-10-20-8-6-9-21(20)17-24)30(25(5-2)29(26)36)33-19(3)32-23-11-13-27-22(16-23)14-15-31-27;1-4-3-5(4)2;1-3-2/h5,10-18,31-32H,3-4,6-9H2,1-2H3;4-5H,3H2,1-2H3;3H2,1-2H3/b25-5-,33-30+;;. The Morgan fingerprint density at radius 2 is 1.77 bits per heavy atom. The van der Waals surface area contributed by atoms with E-state index >= 15 is 0 Å². The molecule has 1 aliphatic heterocycles. The number of Topliss-reactive ketones (excluding diaryl/α,β-unsaturated/α-hetero) is 2. The Morgan fingerprint density at radius 1 is 1.07 bits per heavy atom. The molecule has 2 aliphatic carbocycles. The average molecular weight is 593 g/mol. The van der Waals surface area contributed by atoms with Gasteiger partial charge in [-0.15, -0.1) is 0 Å². The van der Waals surface area contributed by atoms with E-state index in [-0.39, 0.29) is 17.1 Å². The van der Waals surface area contributed by atoms with Crippen LogP contribution in [0.3, 0.4) is 0 Å². The number of allylic oxidation sites excluding steroid dienone is 2. The number of hydrogen-bond acceptors (Lipinski definition) is 4. The van der Waals surface area contributed by atoms with E-state index in [9.17, 15) is 9.59 Å². The molecule has 6 heteroatoms. The molecular weight excluding hydrogens is 544 g/mol. The lowest BCUT2D eigenvalue weighted by atomic mass is 9.93. The van der Waals surface area contributed by atoms with Crippen LogP contribution in [0.2, 0.25) is 0 Å². The van der Waals surface area contributed by atoms with Gasteiger partial charge in [-0.25, -0.2) is 4.99 Å². The molecule has 1 fully saturated rings. The molecule has 0 saturated heterocycles. The number of rotatable bonds is 7. The quantitative estimate of drug-likeness (QED) is 0.212. The van der Waals surface area contributed by atoms with E-state index in [0.29, 0.717) is 30.1 Å². The highest BCUT2D eigenvalue weighted by molar-refractivity contribution is 6.40. The van der Waals surface area contributed by atoms with Crippen molar-refractivity contribution in [3.8, 4) is 0 Å². The van der Waals surface area contributed by atoms with E-state index in [1.165, 1.54) is 24.0 Å². The number of ketones is 2. The van der Waals surface area contributed by atoms with E-state index in [1.807, 2.05) is 48.4 Å². The molecule has 3 aliphatic rings. The smallest absolute Gasteiger partial charge is 0.201 e. The predicted octanol–water partition coefficient (Wildman–Crippen LogP) is 9.31. The molecule has 2 unspecified atom stereocenters. The highest BCUT2D eigenvalue weighted by Gasteiger charge is 2.33. The lowest BCUT2D eigenvalue weighted by Crippen LogP contribution is -2.38. The summed E-state index contributed by atoms with van der Waals surface area (Å²) in [5.41, 5.74) is 6.02. The second kappa shape index (κ2) is 15.0. The molecule has 0 spiro atoms. The highest BCUT2D eigenvalue weighted by Crippen LogP contribution is 2.36. The lowest BCUT2D eigenvalue weighted by Gasteiger charge is -2.30. The van der Waals surface area contributed by atoms with Gasteiger partial charge in [0, 0.05) is 41.1 Å². The van der Waals surface area contributed by atoms with E-state index in [4.69, 9.17) is 4.99 Å². The zero-order chi connectivity index (χ0) is 31.8. The summed E-state index contributed by atoms with van der Waals surface area (Å²) in [6.07, 6.45) is 12.3. The number of fused-ring (bicyclic) bond motifs is 2. The van der Waals surface area contributed by atoms with Gasteiger partial charge < -0.3 is 15.2 Å². The summed E-state index contributed by atoms with van der Waals surface area (Å²) in [7, 11) is 0. The number of aromatic nitrogens is 1. The van der Waals surface area contributed by atoms with Gasteiger partial charge >= 0.3 is 0 Å². The Kier molecular flexibility index (Phi) is 11.2. The first-order chi connectivity index (χ1) is 21.2. The van der Waals surface area contributed by atoms with Crippen LogP contribution in [0.15, 0.2) is 89.5 Å². The Hall–Kier alpha value is -4.19. The average Bonchev–Trinajstić information content (AvgIpc) is 3.36. The molecule has 2 heterocycles. The first kappa shape index (κ1) is 32.7. The minimum absolute atomic E-state index is 0.149. The van der Waals surface area contributed by atoms with Crippen molar-refractivity contribution < 1.29 is 9.59 Å². The van der Waals surface area contributed by atoms with Gasteiger partial charge in [0.05, 0.1) is 11.1 Å². The fourth-order valence-corrected chi connectivity index (χ4v) is 5.43. The third-order valence-corrected chi connectivity index (χ3v) is 8.24. The van der Waals surface area contributed by atoms with Crippen LogP contribution in [0.5, 0.6) is 0 Å². The van der Waals surface area contributed by atoms with Crippen molar-refractivity contribution in [1.82, 2.24) is 4.98 Å². The number of nitrogens with zero attached hydrogens (tertiary/aromatic N) is 2. The number of aryl methyl sites for hydroxylation is 2. The van der Waals surface area contributed by atoms with Crippen molar-refractivity contribution in [2.75, 3.05) is 10.2 Å². The minimum atomic E-state index is -0.298. The largest absolute Gasteiger partial charge is 0.361 e. The second-order valence-corrected chi connectivity index (χ2v) is 12.1. The van der Waals surface area contributed by atoms with E-state index in [0.717, 1.165) is 53.4 Å². The molecule has 6 rings (SSSR count). The molecule has 2 atom stereocenters. The SMILES string of the molecule is C=C(/N=C1\C(=C/C)C(=O)C(C(=O)CCC)=CN1c1ccc2c(c1)CCC2)Nc1ccc2[nH]ccc2c1.CC1CC1C.CCC. The van der Waals surface area contributed by atoms with Crippen molar-refractivity contribution in [1.29, 1.82) is 0 Å². The van der Waals surface area contributed by atoms with Gasteiger partial charge in [0.1, 0.15) is 11.7 Å². The summed E-state index contributed by atoms with van der Waals surface area (Å²) >= 11 is 0. The van der Waals surface area contributed by atoms with Gasteiger partial charge in [-0.3, -0.25) is 9.59 Å². The Bertz CT molecular complexity index is 1600. The number of amidine groups is 1. The molecule has 1 saturated carbocycles. The van der Waals surface area contributed by atoms with Gasteiger partial charge in [0.2, 0.25) is 5.78 Å². The molecule has 2 aromatic carbocycles. The van der Waals surface area contributed by atoms with Gasteiger partial charge in [0.15, 0.2) is 5.78 Å². The van der Waals surface area contributed by atoms with Crippen LogP contribution in [0, 0.1) is 11.8 Å². The Labute approximate surface area is 263 Å².